The number of carbonyl (C=O) groups excluding carboxylic acids is 4. The average Bonchev–Trinajstić information content (AvgIpc) is 3.97. The van der Waals surface area contributed by atoms with Crippen molar-refractivity contribution in [2.45, 2.75) is 39.0 Å². The van der Waals surface area contributed by atoms with E-state index in [-0.39, 0.29) is 26.4 Å². The second-order valence-corrected chi connectivity index (χ2v) is 16.2. The Kier molecular flexibility index (Phi) is 13.9. The standard InChI is InChI=1S/C54H44Cl2N4O8/c1-5-65-49(61)37-25-17-33(18-26-37)45-46(34-19-27-38(28-20-34)50(62)66-6-2)58-53(57-45,41-13-9-11-15-43(41)55)54(42-14-10-12-16-44(42)56)59-47(35-21-29-39(30-22-35)51(63)67-7-3)48(60-54)36-23-31-40(32-24-36)52(64)68-8-4/h9-32H,5-8H2,1-4H3. The van der Waals surface area contributed by atoms with Gasteiger partial charge >= 0.3 is 23.9 Å². The Bertz CT molecular complexity index is 2670. The normalized spacial score (nSPS) is 14.5. The van der Waals surface area contributed by atoms with Crippen molar-refractivity contribution in [2.24, 2.45) is 20.0 Å². The molecule has 0 saturated heterocycles. The fourth-order valence-corrected chi connectivity index (χ4v) is 8.58. The van der Waals surface area contributed by atoms with Gasteiger partial charge in [0, 0.05) is 43.4 Å². The number of rotatable bonds is 15. The molecule has 0 spiro atoms. The molecular weight excluding hydrogens is 904 g/mol. The molecule has 2 aliphatic heterocycles. The first kappa shape index (κ1) is 47.0. The van der Waals surface area contributed by atoms with Gasteiger partial charge in [-0.25, -0.2) is 39.1 Å². The molecule has 0 amide bonds. The zero-order valence-electron chi connectivity index (χ0n) is 37.5. The van der Waals surface area contributed by atoms with Crippen molar-refractivity contribution >= 4 is 69.9 Å². The Morgan fingerprint density at radius 2 is 0.588 bits per heavy atom. The third-order valence-electron chi connectivity index (χ3n) is 11.2. The van der Waals surface area contributed by atoms with Crippen molar-refractivity contribution in [3.8, 4) is 0 Å². The molecule has 0 fully saturated rings. The minimum Gasteiger partial charge on any atom is -0.462 e. The van der Waals surface area contributed by atoms with E-state index in [0.717, 1.165) is 0 Å². The number of carbonyl (C=O) groups is 4. The van der Waals surface area contributed by atoms with Crippen LogP contribution in [0.4, 0.5) is 0 Å². The molecule has 0 aliphatic carbocycles. The second kappa shape index (κ2) is 20.1. The maximum atomic E-state index is 12.9. The fraction of sp³-hybridized carbons (Fsp3) is 0.185. The molecule has 2 aliphatic rings. The fourth-order valence-electron chi connectivity index (χ4n) is 8.04. The number of esters is 4. The van der Waals surface area contributed by atoms with Crippen molar-refractivity contribution in [1.29, 1.82) is 0 Å². The second-order valence-electron chi connectivity index (χ2n) is 15.3. The van der Waals surface area contributed by atoms with Gasteiger partial charge < -0.3 is 18.9 Å². The van der Waals surface area contributed by atoms with Crippen LogP contribution < -0.4 is 0 Å². The van der Waals surface area contributed by atoms with Crippen molar-refractivity contribution in [3.05, 3.63) is 211 Å². The predicted octanol–water partition coefficient (Wildman–Crippen LogP) is 10.7. The van der Waals surface area contributed by atoms with Gasteiger partial charge in [0.2, 0.25) is 11.3 Å². The molecule has 12 nitrogen and oxygen atoms in total. The predicted molar refractivity (Wildman–Crippen MR) is 262 cm³/mol. The van der Waals surface area contributed by atoms with Crippen molar-refractivity contribution in [3.63, 3.8) is 0 Å². The highest BCUT2D eigenvalue weighted by atomic mass is 35.5. The highest BCUT2D eigenvalue weighted by molar-refractivity contribution is 6.56. The van der Waals surface area contributed by atoms with Crippen LogP contribution in [0.2, 0.25) is 10.0 Å². The highest BCUT2D eigenvalue weighted by Crippen LogP contribution is 2.57. The molecule has 0 saturated carbocycles. The topological polar surface area (TPSA) is 155 Å². The number of aliphatic imine (C=N–C) groups is 4. The summed E-state index contributed by atoms with van der Waals surface area (Å²) in [7, 11) is 0. The van der Waals surface area contributed by atoms with Crippen LogP contribution in [-0.2, 0) is 30.3 Å². The van der Waals surface area contributed by atoms with Gasteiger partial charge in [0.25, 0.3) is 0 Å². The molecular formula is C54H44Cl2N4O8. The minimum absolute atomic E-state index is 0.201. The number of halogens is 2. The number of hydrogen-bond donors (Lipinski definition) is 0. The molecule has 0 atom stereocenters. The van der Waals surface area contributed by atoms with Crippen LogP contribution in [0.15, 0.2) is 166 Å². The summed E-state index contributed by atoms with van der Waals surface area (Å²) in [6, 6.07) is 41.6. The van der Waals surface area contributed by atoms with E-state index in [1.54, 1.807) is 149 Å². The molecule has 0 bridgehead atoms. The Balaban J connectivity index is 1.47. The molecule has 0 N–H and O–H groups in total. The summed E-state index contributed by atoms with van der Waals surface area (Å²) in [5.74, 6) is -1.95. The van der Waals surface area contributed by atoms with Gasteiger partial charge in [0.05, 0.1) is 71.5 Å². The highest BCUT2D eigenvalue weighted by Gasteiger charge is 2.61. The lowest BCUT2D eigenvalue weighted by Gasteiger charge is -2.39. The van der Waals surface area contributed by atoms with Crippen LogP contribution in [0.3, 0.4) is 0 Å². The summed E-state index contributed by atoms with van der Waals surface area (Å²) in [4.78, 5) is 74.1. The maximum Gasteiger partial charge on any atom is 0.338 e. The van der Waals surface area contributed by atoms with Crippen LogP contribution in [-0.4, -0.2) is 73.2 Å². The molecule has 2 heterocycles. The average molecular weight is 948 g/mol. The van der Waals surface area contributed by atoms with Crippen LogP contribution in [0, 0.1) is 0 Å². The Hall–Kier alpha value is -7.54. The summed E-state index contributed by atoms with van der Waals surface area (Å²) in [6.07, 6.45) is 0. The van der Waals surface area contributed by atoms with Gasteiger partial charge in [0.15, 0.2) is 0 Å². The van der Waals surface area contributed by atoms with Crippen molar-refractivity contribution in [2.75, 3.05) is 26.4 Å². The molecule has 0 aromatic heterocycles. The summed E-state index contributed by atoms with van der Waals surface area (Å²) in [5.41, 5.74) is 2.23. The quantitative estimate of drug-likeness (QED) is 0.0728. The van der Waals surface area contributed by atoms with E-state index >= 15 is 0 Å². The van der Waals surface area contributed by atoms with E-state index in [9.17, 15) is 19.2 Å². The number of hydrogen-bond acceptors (Lipinski definition) is 12. The summed E-state index contributed by atoms with van der Waals surface area (Å²) < 4.78 is 21.2. The molecule has 14 heteroatoms. The van der Waals surface area contributed by atoms with Gasteiger partial charge in [-0.15, -0.1) is 0 Å². The largest absolute Gasteiger partial charge is 0.462 e. The lowest BCUT2D eigenvalue weighted by Crippen LogP contribution is -2.43. The molecule has 6 aromatic rings. The summed E-state index contributed by atoms with van der Waals surface area (Å²) >= 11 is 14.6. The van der Waals surface area contributed by atoms with Crippen LogP contribution in [0.5, 0.6) is 0 Å². The summed E-state index contributed by atoms with van der Waals surface area (Å²) in [6.45, 7) is 7.75. The lowest BCUT2D eigenvalue weighted by atomic mass is 9.82. The SMILES string of the molecule is CCOC(=O)c1ccc(C2=NC(c3ccccc3Cl)(C3(c4ccccc4Cl)N=C(c4ccc(C(=O)OCC)cc4)C(c4ccc(C(=O)OCC)cc4)=N3)N=C2c2ccc(C(=O)OCC)cc2)cc1. The molecule has 68 heavy (non-hydrogen) atoms. The lowest BCUT2D eigenvalue weighted by molar-refractivity contribution is 0.0516. The zero-order chi connectivity index (χ0) is 48.0. The third kappa shape index (κ3) is 8.88. The number of ether oxygens (including phenoxy) is 4. The Morgan fingerprint density at radius 1 is 0.368 bits per heavy atom. The molecule has 342 valence electrons. The van der Waals surface area contributed by atoms with Crippen LogP contribution in [0.1, 0.15) is 103 Å². The first-order chi connectivity index (χ1) is 33.0. The van der Waals surface area contributed by atoms with Gasteiger partial charge in [-0.1, -0.05) is 108 Å². The first-order valence-corrected chi connectivity index (χ1v) is 22.7. The van der Waals surface area contributed by atoms with E-state index in [4.69, 9.17) is 62.1 Å². The van der Waals surface area contributed by atoms with Crippen LogP contribution in [0.25, 0.3) is 0 Å². The van der Waals surface area contributed by atoms with Crippen LogP contribution >= 0.6 is 23.2 Å². The van der Waals surface area contributed by atoms with Gasteiger partial charge in [0.1, 0.15) is 0 Å². The molecule has 0 unspecified atom stereocenters. The van der Waals surface area contributed by atoms with Crippen molar-refractivity contribution < 1.29 is 38.1 Å². The smallest absolute Gasteiger partial charge is 0.338 e. The molecule has 6 aromatic carbocycles. The van der Waals surface area contributed by atoms with E-state index in [1.807, 2.05) is 24.3 Å². The van der Waals surface area contributed by atoms with Gasteiger partial charge in [-0.3, -0.25) is 0 Å². The number of nitrogens with zero attached hydrogens (tertiary/aromatic N) is 4. The zero-order valence-corrected chi connectivity index (χ0v) is 39.0. The van der Waals surface area contributed by atoms with E-state index in [1.165, 1.54) is 0 Å². The summed E-state index contributed by atoms with van der Waals surface area (Å²) in [5, 5.41) is 0.584. The van der Waals surface area contributed by atoms with E-state index < -0.39 is 35.2 Å². The van der Waals surface area contributed by atoms with E-state index in [2.05, 4.69) is 0 Å². The molecule has 0 radical (unpaired) electrons. The molecule has 8 rings (SSSR count). The van der Waals surface area contributed by atoms with Gasteiger partial charge in [-0.05, 0) is 88.4 Å². The first-order valence-electron chi connectivity index (χ1n) is 22.0. The Labute approximate surface area is 403 Å². The van der Waals surface area contributed by atoms with Crippen molar-refractivity contribution in [1.82, 2.24) is 0 Å². The minimum atomic E-state index is -1.89. The maximum absolute atomic E-state index is 12.9. The third-order valence-corrected chi connectivity index (χ3v) is 11.9. The monoisotopic (exact) mass is 946 g/mol. The number of benzene rings is 6. The van der Waals surface area contributed by atoms with E-state index in [0.29, 0.717) is 88.5 Å². The Morgan fingerprint density at radius 3 is 0.794 bits per heavy atom. The van der Waals surface area contributed by atoms with Gasteiger partial charge in [-0.2, -0.15) is 0 Å².